The van der Waals surface area contributed by atoms with Crippen molar-refractivity contribution < 1.29 is 9.53 Å². The van der Waals surface area contributed by atoms with Crippen LogP contribution in [0.15, 0.2) is 30.6 Å². The summed E-state index contributed by atoms with van der Waals surface area (Å²) < 4.78 is 6.73. The Bertz CT molecular complexity index is 561. The third kappa shape index (κ3) is 2.81. The summed E-state index contributed by atoms with van der Waals surface area (Å²) in [7, 11) is 0. The van der Waals surface area contributed by atoms with E-state index in [0.29, 0.717) is 12.3 Å². The Morgan fingerprint density at radius 2 is 2.26 bits per heavy atom. The molecule has 0 fully saturated rings. The molecule has 0 bridgehead atoms. The fourth-order valence-corrected chi connectivity index (χ4v) is 1.80. The van der Waals surface area contributed by atoms with Crippen molar-refractivity contribution in [1.29, 1.82) is 0 Å². The van der Waals surface area contributed by atoms with Crippen molar-refractivity contribution in [2.45, 2.75) is 26.8 Å². The molecule has 0 amide bonds. The number of nitrogens with zero attached hydrogens (tertiary/aromatic N) is 3. The molecule has 19 heavy (non-hydrogen) atoms. The molecule has 0 radical (unpaired) electrons. The topological polar surface area (TPSA) is 57.0 Å². The molecule has 0 unspecified atom stereocenters. The largest absolute Gasteiger partial charge is 0.461 e. The number of pyridine rings is 1. The monoisotopic (exact) mass is 259 g/mol. The van der Waals surface area contributed by atoms with E-state index in [1.54, 1.807) is 30.1 Å². The van der Waals surface area contributed by atoms with Crippen molar-refractivity contribution in [3.63, 3.8) is 0 Å². The van der Waals surface area contributed by atoms with Crippen LogP contribution in [-0.4, -0.2) is 27.3 Å². The highest BCUT2D eigenvalue weighted by Crippen LogP contribution is 2.21. The van der Waals surface area contributed by atoms with Crippen LogP contribution in [0.2, 0.25) is 0 Å². The molecule has 0 saturated heterocycles. The number of hydrogen-bond donors (Lipinski definition) is 0. The first-order valence-corrected chi connectivity index (χ1v) is 6.30. The predicted molar refractivity (Wildman–Crippen MR) is 71.8 cm³/mol. The van der Waals surface area contributed by atoms with Gasteiger partial charge in [-0.25, -0.2) is 4.79 Å². The summed E-state index contributed by atoms with van der Waals surface area (Å²) in [6.07, 6.45) is 3.43. The molecule has 5 nitrogen and oxygen atoms in total. The molecule has 2 aromatic heterocycles. The SMILES string of the molecule is CCOC(=O)c1cc(-c2cccnc2)nn1C(C)C. The van der Waals surface area contributed by atoms with Gasteiger partial charge in [0.2, 0.25) is 0 Å². The zero-order chi connectivity index (χ0) is 13.8. The highest BCUT2D eigenvalue weighted by atomic mass is 16.5. The lowest BCUT2D eigenvalue weighted by atomic mass is 10.2. The van der Waals surface area contributed by atoms with Crippen LogP contribution >= 0.6 is 0 Å². The Kier molecular flexibility index (Phi) is 3.94. The Labute approximate surface area is 112 Å². The molecule has 0 aliphatic carbocycles. The second kappa shape index (κ2) is 5.65. The van der Waals surface area contributed by atoms with Crippen molar-refractivity contribution in [1.82, 2.24) is 14.8 Å². The van der Waals surface area contributed by atoms with E-state index in [0.717, 1.165) is 11.3 Å². The van der Waals surface area contributed by atoms with Gasteiger partial charge >= 0.3 is 5.97 Å². The normalized spacial score (nSPS) is 10.7. The predicted octanol–water partition coefficient (Wildman–Crippen LogP) is 2.70. The molecule has 2 heterocycles. The molecule has 2 aromatic rings. The lowest BCUT2D eigenvalue weighted by Crippen LogP contribution is -2.14. The summed E-state index contributed by atoms with van der Waals surface area (Å²) in [4.78, 5) is 16.0. The van der Waals surface area contributed by atoms with Gasteiger partial charge in [-0.3, -0.25) is 9.67 Å². The molecule has 2 rings (SSSR count). The van der Waals surface area contributed by atoms with Crippen LogP contribution in [0.5, 0.6) is 0 Å². The first-order valence-electron chi connectivity index (χ1n) is 6.30. The minimum Gasteiger partial charge on any atom is -0.461 e. The summed E-state index contributed by atoms with van der Waals surface area (Å²) in [6.45, 7) is 6.09. The molecule has 5 heteroatoms. The molecule has 0 aliphatic heterocycles. The fourth-order valence-electron chi connectivity index (χ4n) is 1.80. The number of carbonyl (C=O) groups is 1. The maximum atomic E-state index is 11.9. The van der Waals surface area contributed by atoms with Gasteiger partial charge in [-0.15, -0.1) is 0 Å². The van der Waals surface area contributed by atoms with Crippen LogP contribution in [0.1, 0.15) is 37.3 Å². The van der Waals surface area contributed by atoms with Gasteiger partial charge in [-0.1, -0.05) is 0 Å². The van der Waals surface area contributed by atoms with E-state index >= 15 is 0 Å². The van der Waals surface area contributed by atoms with E-state index in [2.05, 4.69) is 10.1 Å². The molecule has 0 spiro atoms. The molecular formula is C14H17N3O2. The molecule has 0 N–H and O–H groups in total. The average molecular weight is 259 g/mol. The van der Waals surface area contributed by atoms with E-state index in [1.165, 1.54) is 0 Å². The molecular weight excluding hydrogens is 242 g/mol. The van der Waals surface area contributed by atoms with Gasteiger partial charge in [0.25, 0.3) is 0 Å². The lowest BCUT2D eigenvalue weighted by Gasteiger charge is -2.09. The van der Waals surface area contributed by atoms with E-state index < -0.39 is 0 Å². The highest BCUT2D eigenvalue weighted by molar-refractivity contribution is 5.89. The summed E-state index contributed by atoms with van der Waals surface area (Å²) in [5, 5.41) is 4.46. The summed E-state index contributed by atoms with van der Waals surface area (Å²) >= 11 is 0. The van der Waals surface area contributed by atoms with Crippen molar-refractivity contribution in [3.8, 4) is 11.3 Å². The third-order valence-corrected chi connectivity index (χ3v) is 2.67. The number of aromatic nitrogens is 3. The minimum absolute atomic E-state index is 0.0878. The van der Waals surface area contributed by atoms with Crippen molar-refractivity contribution >= 4 is 5.97 Å². The zero-order valence-corrected chi connectivity index (χ0v) is 11.3. The van der Waals surface area contributed by atoms with Crippen molar-refractivity contribution in [3.05, 3.63) is 36.3 Å². The van der Waals surface area contributed by atoms with Gasteiger partial charge in [0, 0.05) is 24.0 Å². The molecule has 0 atom stereocenters. The van der Waals surface area contributed by atoms with Crippen LogP contribution < -0.4 is 0 Å². The Morgan fingerprint density at radius 1 is 1.47 bits per heavy atom. The average Bonchev–Trinajstić information content (AvgIpc) is 2.85. The molecule has 0 saturated carbocycles. The van der Waals surface area contributed by atoms with Crippen LogP contribution in [0.25, 0.3) is 11.3 Å². The lowest BCUT2D eigenvalue weighted by molar-refractivity contribution is 0.0510. The highest BCUT2D eigenvalue weighted by Gasteiger charge is 2.18. The van der Waals surface area contributed by atoms with Gasteiger partial charge in [-0.2, -0.15) is 5.10 Å². The Morgan fingerprint density at radius 3 is 2.84 bits per heavy atom. The van der Waals surface area contributed by atoms with Crippen LogP contribution in [0, 0.1) is 0 Å². The van der Waals surface area contributed by atoms with Gasteiger partial charge in [-0.05, 0) is 39.0 Å². The van der Waals surface area contributed by atoms with Crippen molar-refractivity contribution in [2.75, 3.05) is 6.61 Å². The van der Waals surface area contributed by atoms with E-state index in [1.807, 2.05) is 26.0 Å². The Balaban J connectivity index is 2.44. The minimum atomic E-state index is -0.348. The summed E-state index contributed by atoms with van der Waals surface area (Å²) in [5.74, 6) is -0.348. The summed E-state index contributed by atoms with van der Waals surface area (Å²) in [5.41, 5.74) is 2.08. The number of rotatable bonds is 4. The van der Waals surface area contributed by atoms with Gasteiger partial charge in [0.1, 0.15) is 5.69 Å². The number of ether oxygens (including phenoxy) is 1. The first kappa shape index (κ1) is 13.3. The molecule has 0 aliphatic rings. The number of hydrogen-bond acceptors (Lipinski definition) is 4. The molecule has 100 valence electrons. The van der Waals surface area contributed by atoms with Crippen LogP contribution in [0.4, 0.5) is 0 Å². The fraction of sp³-hybridized carbons (Fsp3) is 0.357. The quantitative estimate of drug-likeness (QED) is 0.792. The second-order valence-electron chi connectivity index (χ2n) is 4.42. The van der Waals surface area contributed by atoms with E-state index in [9.17, 15) is 4.79 Å². The van der Waals surface area contributed by atoms with Gasteiger partial charge in [0.15, 0.2) is 0 Å². The van der Waals surface area contributed by atoms with E-state index in [-0.39, 0.29) is 12.0 Å². The second-order valence-corrected chi connectivity index (χ2v) is 4.42. The maximum Gasteiger partial charge on any atom is 0.356 e. The summed E-state index contributed by atoms with van der Waals surface area (Å²) in [6, 6.07) is 5.59. The number of carbonyl (C=O) groups excluding carboxylic acids is 1. The first-order chi connectivity index (χ1) is 9.13. The van der Waals surface area contributed by atoms with Gasteiger partial charge in [0.05, 0.1) is 12.3 Å². The van der Waals surface area contributed by atoms with Crippen LogP contribution in [0.3, 0.4) is 0 Å². The standard InChI is InChI=1S/C14H17N3O2/c1-4-19-14(18)13-8-12(16-17(13)10(2)3)11-6-5-7-15-9-11/h5-10H,4H2,1-3H3. The molecule has 0 aromatic carbocycles. The van der Waals surface area contributed by atoms with Crippen LogP contribution in [-0.2, 0) is 4.74 Å². The van der Waals surface area contributed by atoms with E-state index in [4.69, 9.17) is 4.74 Å². The number of esters is 1. The maximum absolute atomic E-state index is 11.9. The van der Waals surface area contributed by atoms with Gasteiger partial charge < -0.3 is 4.74 Å². The third-order valence-electron chi connectivity index (χ3n) is 2.67. The Hall–Kier alpha value is -2.17. The van der Waals surface area contributed by atoms with Crippen molar-refractivity contribution in [2.24, 2.45) is 0 Å². The smallest absolute Gasteiger partial charge is 0.356 e. The zero-order valence-electron chi connectivity index (χ0n) is 11.3.